The second kappa shape index (κ2) is 6.12. The van der Waals surface area contributed by atoms with Gasteiger partial charge in [0.05, 0.1) is 5.70 Å². The van der Waals surface area contributed by atoms with Crippen molar-refractivity contribution in [3.05, 3.63) is 23.0 Å². The van der Waals surface area contributed by atoms with E-state index < -0.39 is 0 Å². The van der Waals surface area contributed by atoms with Crippen LogP contribution < -0.4 is 0 Å². The lowest BCUT2D eigenvalue weighted by Crippen LogP contribution is -2.58. The Bertz CT molecular complexity index is 478. The summed E-state index contributed by atoms with van der Waals surface area (Å²) in [7, 11) is 1.77. The number of carbonyl (C=O) groups excluding carboxylic acids is 1. The summed E-state index contributed by atoms with van der Waals surface area (Å²) in [5.74, 6) is 0.911. The van der Waals surface area contributed by atoms with Gasteiger partial charge in [-0.05, 0) is 42.6 Å². The molecule has 110 valence electrons. The summed E-state index contributed by atoms with van der Waals surface area (Å²) in [4.78, 5) is 20.8. The average molecular weight is 340 g/mol. The molecule has 0 N–H and O–H groups in total. The Morgan fingerprint density at radius 1 is 1.45 bits per heavy atom. The van der Waals surface area contributed by atoms with Gasteiger partial charge in [-0.25, -0.2) is 4.99 Å². The smallest absolute Gasteiger partial charge is 0.249 e. The van der Waals surface area contributed by atoms with Crippen molar-refractivity contribution in [3.63, 3.8) is 0 Å². The molecule has 1 saturated carbocycles. The number of halogens is 1. The van der Waals surface area contributed by atoms with Gasteiger partial charge in [-0.1, -0.05) is 25.5 Å². The van der Waals surface area contributed by atoms with Gasteiger partial charge in [0.25, 0.3) is 0 Å². The molecule has 2 rings (SSSR count). The molecule has 0 bridgehead atoms. The lowest BCUT2D eigenvalue weighted by atomic mass is 10.1. The molecule has 1 unspecified atom stereocenters. The molecule has 0 radical (unpaired) electrons. The molecule has 0 aromatic carbocycles. The predicted octanol–water partition coefficient (Wildman–Crippen LogP) is 3.26. The van der Waals surface area contributed by atoms with Gasteiger partial charge >= 0.3 is 0 Å². The van der Waals surface area contributed by atoms with Crippen LogP contribution in [0.3, 0.4) is 0 Å². The van der Waals surface area contributed by atoms with Gasteiger partial charge in [-0.2, -0.15) is 0 Å². The fraction of sp³-hybridized carbons (Fsp3) is 0.600. The molecule has 0 aromatic heterocycles. The van der Waals surface area contributed by atoms with Crippen molar-refractivity contribution in [1.82, 2.24) is 9.80 Å². The van der Waals surface area contributed by atoms with Crippen LogP contribution in [0.5, 0.6) is 0 Å². The van der Waals surface area contributed by atoms with Gasteiger partial charge in [0.15, 0.2) is 5.84 Å². The van der Waals surface area contributed by atoms with E-state index in [9.17, 15) is 4.79 Å². The van der Waals surface area contributed by atoms with Crippen LogP contribution in [-0.4, -0.2) is 40.7 Å². The van der Waals surface area contributed by atoms with Gasteiger partial charge in [-0.15, -0.1) is 0 Å². The molecule has 0 spiro atoms. The monoisotopic (exact) mass is 339 g/mol. The van der Waals surface area contributed by atoms with E-state index in [0.29, 0.717) is 11.7 Å². The molecule has 2 fully saturated rings. The van der Waals surface area contributed by atoms with Crippen molar-refractivity contribution in [2.45, 2.75) is 51.6 Å². The number of hydrogen-bond acceptors (Lipinski definition) is 2. The minimum Gasteiger partial charge on any atom is -0.340 e. The molecule has 1 saturated heterocycles. The number of likely N-dealkylation sites (N-methyl/N-ethyl adjacent to an activating group) is 1. The molecule has 1 atom stereocenters. The summed E-state index contributed by atoms with van der Waals surface area (Å²) in [6, 6.07) is 0.222. The molecule has 1 aliphatic heterocycles. The number of aliphatic imine (C=N–C) groups is 1. The number of amidine groups is 1. The van der Waals surface area contributed by atoms with Gasteiger partial charge in [0.1, 0.15) is 10.6 Å². The number of nitrogens with zero attached hydrogens (tertiary/aromatic N) is 3. The van der Waals surface area contributed by atoms with E-state index in [0.717, 1.165) is 23.3 Å². The minimum absolute atomic E-state index is 0.0949. The van der Waals surface area contributed by atoms with Crippen LogP contribution in [0.15, 0.2) is 28.0 Å². The summed E-state index contributed by atoms with van der Waals surface area (Å²) < 4.78 is 0.770. The highest BCUT2D eigenvalue weighted by Crippen LogP contribution is 2.31. The molecular weight excluding hydrogens is 318 g/mol. The van der Waals surface area contributed by atoms with Crippen LogP contribution in [-0.2, 0) is 4.79 Å². The minimum atomic E-state index is -0.176. The number of piperazine rings is 1. The third kappa shape index (κ3) is 2.68. The largest absolute Gasteiger partial charge is 0.340 e. The van der Waals surface area contributed by atoms with Crippen molar-refractivity contribution in [3.8, 4) is 0 Å². The van der Waals surface area contributed by atoms with E-state index in [1.807, 2.05) is 19.9 Å². The fourth-order valence-corrected chi connectivity index (χ4v) is 3.14. The quantitative estimate of drug-likeness (QED) is 0.724. The lowest BCUT2D eigenvalue weighted by Gasteiger charge is -2.44. The van der Waals surface area contributed by atoms with Gasteiger partial charge in [-0.3, -0.25) is 4.79 Å². The molecule has 4 nitrogen and oxygen atoms in total. The summed E-state index contributed by atoms with van der Waals surface area (Å²) >= 11 is 3.43. The highest BCUT2D eigenvalue weighted by Gasteiger charge is 2.40. The molecule has 1 heterocycles. The summed E-state index contributed by atoms with van der Waals surface area (Å²) in [5, 5.41) is 0. The zero-order chi connectivity index (χ0) is 14.9. The third-order valence-electron chi connectivity index (χ3n) is 4.18. The molecule has 0 aromatic rings. The summed E-state index contributed by atoms with van der Waals surface area (Å²) in [5.41, 5.74) is 0.679. The van der Waals surface area contributed by atoms with Crippen LogP contribution in [0, 0.1) is 0 Å². The Morgan fingerprint density at radius 2 is 2.05 bits per heavy atom. The molecule has 1 aliphatic carbocycles. The van der Waals surface area contributed by atoms with Crippen LogP contribution in [0.4, 0.5) is 0 Å². The van der Waals surface area contributed by atoms with Crippen molar-refractivity contribution in [2.75, 3.05) is 7.05 Å². The number of allylic oxidation sites excluding steroid dienone is 1. The van der Waals surface area contributed by atoms with Gasteiger partial charge < -0.3 is 9.80 Å². The first-order valence-electron chi connectivity index (χ1n) is 7.13. The third-order valence-corrected chi connectivity index (χ3v) is 4.82. The summed E-state index contributed by atoms with van der Waals surface area (Å²) in [6.07, 6.45) is 6.60. The molecule has 20 heavy (non-hydrogen) atoms. The van der Waals surface area contributed by atoms with Crippen molar-refractivity contribution < 1.29 is 4.79 Å². The Kier molecular flexibility index (Phi) is 4.68. The number of rotatable bonds is 2. The average Bonchev–Trinajstić information content (AvgIpc) is 2.96. The second-order valence-corrected chi connectivity index (χ2v) is 6.22. The topological polar surface area (TPSA) is 35.9 Å². The van der Waals surface area contributed by atoms with E-state index in [1.165, 1.54) is 12.8 Å². The molecule has 2 aliphatic rings. The normalized spacial score (nSPS) is 27.9. The number of hydrogen-bond donors (Lipinski definition) is 0. The van der Waals surface area contributed by atoms with Crippen molar-refractivity contribution >= 4 is 27.7 Å². The first-order chi connectivity index (χ1) is 9.47. The zero-order valence-electron chi connectivity index (χ0n) is 12.4. The Labute approximate surface area is 129 Å². The maximum atomic E-state index is 12.3. The lowest BCUT2D eigenvalue weighted by molar-refractivity contribution is -0.133. The standard InChI is InChI=1S/C15H22BrN3O/c1-5-13(16)17-14-10(2)18(4)15(20)11(3)19(14)12-8-6-7-9-12/h5,11-12H,2,6-9H2,1,3-4H3/b13-5-,17-14?. The first kappa shape index (κ1) is 15.3. The van der Waals surface area contributed by atoms with Gasteiger partial charge in [0, 0.05) is 13.1 Å². The van der Waals surface area contributed by atoms with Crippen molar-refractivity contribution in [1.29, 1.82) is 0 Å². The van der Waals surface area contributed by atoms with Crippen LogP contribution in [0.1, 0.15) is 39.5 Å². The second-order valence-electron chi connectivity index (χ2n) is 5.41. The van der Waals surface area contributed by atoms with E-state index in [4.69, 9.17) is 0 Å². The summed E-state index contributed by atoms with van der Waals surface area (Å²) in [6.45, 7) is 7.94. The molecule has 1 amide bonds. The van der Waals surface area contributed by atoms with E-state index in [-0.39, 0.29) is 11.9 Å². The van der Waals surface area contributed by atoms with Crippen molar-refractivity contribution in [2.24, 2.45) is 4.99 Å². The number of carbonyl (C=O) groups is 1. The SMILES string of the molecule is C=C1C(=N/C(Br)=C\C)N(C2CCCC2)C(C)C(=O)N1C. The highest BCUT2D eigenvalue weighted by atomic mass is 79.9. The Morgan fingerprint density at radius 3 is 2.60 bits per heavy atom. The van der Waals surface area contributed by atoms with Gasteiger partial charge in [0.2, 0.25) is 5.91 Å². The molecular formula is C15H22BrN3O. The predicted molar refractivity (Wildman–Crippen MR) is 85.6 cm³/mol. The Hall–Kier alpha value is -1.10. The maximum Gasteiger partial charge on any atom is 0.249 e. The fourth-order valence-electron chi connectivity index (χ4n) is 2.97. The van der Waals surface area contributed by atoms with Crippen LogP contribution in [0.25, 0.3) is 0 Å². The maximum absolute atomic E-state index is 12.3. The van der Waals surface area contributed by atoms with Crippen LogP contribution in [0.2, 0.25) is 0 Å². The van der Waals surface area contributed by atoms with E-state index >= 15 is 0 Å². The highest BCUT2D eigenvalue weighted by molar-refractivity contribution is 9.11. The number of amides is 1. The van der Waals surface area contributed by atoms with Crippen LogP contribution >= 0.6 is 15.9 Å². The van der Waals surface area contributed by atoms with E-state index in [2.05, 4.69) is 32.4 Å². The first-order valence-corrected chi connectivity index (χ1v) is 7.92. The van der Waals surface area contributed by atoms with E-state index in [1.54, 1.807) is 11.9 Å². The molecule has 5 heteroatoms. The zero-order valence-corrected chi connectivity index (χ0v) is 14.0. The Balaban J connectivity index is 2.42.